The number of aliphatic hydroxyl groups is 1. The number of hydrogen-bond acceptors (Lipinski definition) is 4. The lowest BCUT2D eigenvalue weighted by Crippen LogP contribution is -2.44. The highest BCUT2D eigenvalue weighted by molar-refractivity contribution is 7.98. The largest absolute Gasteiger partial charge is 0.388 e. The van der Waals surface area contributed by atoms with Crippen molar-refractivity contribution in [3.63, 3.8) is 0 Å². The molecule has 0 saturated heterocycles. The first kappa shape index (κ1) is 15.9. The third-order valence-corrected chi connectivity index (χ3v) is 4.37. The van der Waals surface area contributed by atoms with Crippen LogP contribution in [0.2, 0.25) is 0 Å². The van der Waals surface area contributed by atoms with E-state index >= 15 is 0 Å². The fourth-order valence-electron chi connectivity index (χ4n) is 2.42. The maximum atomic E-state index is 11.8. The van der Waals surface area contributed by atoms with Crippen molar-refractivity contribution in [3.05, 3.63) is 24.3 Å². The Kier molecular flexibility index (Phi) is 5.25. The summed E-state index contributed by atoms with van der Waals surface area (Å²) in [6.07, 6.45) is 5.20. The molecule has 1 aromatic carbocycles. The van der Waals surface area contributed by atoms with Crippen molar-refractivity contribution in [2.24, 2.45) is 0 Å². The summed E-state index contributed by atoms with van der Waals surface area (Å²) in [7, 11) is 0. The Hall–Kier alpha value is -1.53. The van der Waals surface area contributed by atoms with Crippen molar-refractivity contribution in [2.45, 2.75) is 36.2 Å². The first-order chi connectivity index (χ1) is 10.0. The van der Waals surface area contributed by atoms with Gasteiger partial charge in [-0.25, -0.2) is 0 Å². The SMILES string of the molecule is CSc1cccc(NC(=O)C(=O)NCC2(O)CCCC2)c1. The van der Waals surface area contributed by atoms with Crippen molar-refractivity contribution >= 4 is 29.3 Å². The highest BCUT2D eigenvalue weighted by atomic mass is 32.2. The van der Waals surface area contributed by atoms with Crippen molar-refractivity contribution in [2.75, 3.05) is 18.1 Å². The van der Waals surface area contributed by atoms with Gasteiger partial charge in [0.05, 0.1) is 5.60 Å². The molecule has 1 aliphatic carbocycles. The summed E-state index contributed by atoms with van der Waals surface area (Å²) in [5, 5.41) is 15.2. The minimum absolute atomic E-state index is 0.129. The van der Waals surface area contributed by atoms with E-state index in [2.05, 4.69) is 10.6 Å². The van der Waals surface area contributed by atoms with Gasteiger partial charge in [0.2, 0.25) is 0 Å². The summed E-state index contributed by atoms with van der Waals surface area (Å²) in [5.41, 5.74) is -0.268. The lowest BCUT2D eigenvalue weighted by atomic mass is 10.0. The maximum Gasteiger partial charge on any atom is 0.313 e. The highest BCUT2D eigenvalue weighted by Crippen LogP contribution is 2.28. The third kappa shape index (κ3) is 4.47. The second-order valence-electron chi connectivity index (χ2n) is 5.30. The first-order valence-corrected chi connectivity index (χ1v) is 8.20. The van der Waals surface area contributed by atoms with Gasteiger partial charge in [-0.3, -0.25) is 9.59 Å². The Labute approximate surface area is 128 Å². The van der Waals surface area contributed by atoms with Crippen molar-refractivity contribution in [1.29, 1.82) is 0 Å². The Morgan fingerprint density at radius 2 is 2.00 bits per heavy atom. The van der Waals surface area contributed by atoms with Gasteiger partial charge in [-0.1, -0.05) is 18.9 Å². The second-order valence-corrected chi connectivity index (χ2v) is 6.18. The summed E-state index contributed by atoms with van der Waals surface area (Å²) >= 11 is 1.56. The molecule has 0 bridgehead atoms. The number of thioether (sulfide) groups is 1. The van der Waals surface area contributed by atoms with Gasteiger partial charge in [-0.2, -0.15) is 0 Å². The van der Waals surface area contributed by atoms with Crippen LogP contribution in [-0.4, -0.2) is 35.3 Å². The number of benzene rings is 1. The zero-order chi connectivity index (χ0) is 15.3. The van der Waals surface area contributed by atoms with Crippen LogP contribution >= 0.6 is 11.8 Å². The van der Waals surface area contributed by atoms with Gasteiger partial charge < -0.3 is 15.7 Å². The Morgan fingerprint density at radius 3 is 2.67 bits per heavy atom. The minimum Gasteiger partial charge on any atom is -0.388 e. The summed E-state index contributed by atoms with van der Waals surface area (Å²) in [4.78, 5) is 24.6. The zero-order valence-corrected chi connectivity index (χ0v) is 12.8. The summed E-state index contributed by atoms with van der Waals surface area (Å²) in [6.45, 7) is 0.129. The van der Waals surface area contributed by atoms with E-state index in [-0.39, 0.29) is 6.54 Å². The minimum atomic E-state index is -0.852. The topological polar surface area (TPSA) is 78.4 Å². The molecule has 5 nitrogen and oxygen atoms in total. The van der Waals surface area contributed by atoms with E-state index in [0.717, 1.165) is 17.7 Å². The standard InChI is InChI=1S/C15H20N2O3S/c1-21-12-6-4-5-11(9-12)17-14(19)13(18)16-10-15(20)7-2-3-8-15/h4-6,9,20H,2-3,7-8,10H2,1H3,(H,16,18)(H,17,19). The van der Waals surface area contributed by atoms with E-state index in [1.54, 1.807) is 23.9 Å². The number of nitrogens with one attached hydrogen (secondary N) is 2. The van der Waals surface area contributed by atoms with Crippen LogP contribution in [-0.2, 0) is 9.59 Å². The summed E-state index contributed by atoms with van der Waals surface area (Å²) < 4.78 is 0. The van der Waals surface area contributed by atoms with Gasteiger partial charge >= 0.3 is 11.8 Å². The number of hydrogen-bond donors (Lipinski definition) is 3. The lowest BCUT2D eigenvalue weighted by Gasteiger charge is -2.22. The zero-order valence-electron chi connectivity index (χ0n) is 12.0. The van der Waals surface area contributed by atoms with Crippen LogP contribution < -0.4 is 10.6 Å². The second kappa shape index (κ2) is 6.95. The van der Waals surface area contributed by atoms with Crippen LogP contribution in [0.3, 0.4) is 0 Å². The predicted molar refractivity (Wildman–Crippen MR) is 83.3 cm³/mol. The fourth-order valence-corrected chi connectivity index (χ4v) is 2.88. The maximum absolute atomic E-state index is 11.8. The van der Waals surface area contributed by atoms with E-state index in [0.29, 0.717) is 18.5 Å². The monoisotopic (exact) mass is 308 g/mol. The smallest absolute Gasteiger partial charge is 0.313 e. The van der Waals surface area contributed by atoms with Crippen molar-refractivity contribution in [1.82, 2.24) is 5.32 Å². The van der Waals surface area contributed by atoms with Crippen LogP contribution in [0.5, 0.6) is 0 Å². The van der Waals surface area contributed by atoms with Gasteiger partial charge in [0, 0.05) is 17.1 Å². The van der Waals surface area contributed by atoms with Crippen molar-refractivity contribution in [3.8, 4) is 0 Å². The molecule has 0 heterocycles. The molecule has 0 spiro atoms. The molecule has 1 saturated carbocycles. The molecule has 0 unspecified atom stereocenters. The van der Waals surface area contributed by atoms with E-state index < -0.39 is 17.4 Å². The van der Waals surface area contributed by atoms with Gasteiger partial charge in [0.25, 0.3) is 0 Å². The number of anilines is 1. The average molecular weight is 308 g/mol. The van der Waals surface area contributed by atoms with E-state index in [9.17, 15) is 14.7 Å². The molecule has 2 rings (SSSR count). The molecule has 0 aromatic heterocycles. The fraction of sp³-hybridized carbons (Fsp3) is 0.467. The van der Waals surface area contributed by atoms with Crippen LogP contribution in [0.1, 0.15) is 25.7 Å². The molecule has 21 heavy (non-hydrogen) atoms. The Bertz CT molecular complexity index is 527. The molecule has 114 valence electrons. The normalized spacial score (nSPS) is 16.5. The van der Waals surface area contributed by atoms with Crippen LogP contribution in [0.15, 0.2) is 29.2 Å². The molecule has 0 atom stereocenters. The molecule has 0 radical (unpaired) electrons. The molecule has 2 amide bonds. The Morgan fingerprint density at radius 1 is 1.29 bits per heavy atom. The van der Waals surface area contributed by atoms with Crippen LogP contribution in [0.25, 0.3) is 0 Å². The van der Waals surface area contributed by atoms with Crippen molar-refractivity contribution < 1.29 is 14.7 Å². The molecular formula is C15H20N2O3S. The van der Waals surface area contributed by atoms with Crippen LogP contribution in [0.4, 0.5) is 5.69 Å². The van der Waals surface area contributed by atoms with Gasteiger partial charge in [-0.05, 0) is 37.3 Å². The van der Waals surface area contributed by atoms with E-state index in [1.165, 1.54) is 0 Å². The molecule has 1 aliphatic rings. The third-order valence-electron chi connectivity index (χ3n) is 3.65. The lowest BCUT2D eigenvalue weighted by molar-refractivity contribution is -0.136. The van der Waals surface area contributed by atoms with E-state index in [4.69, 9.17) is 0 Å². The van der Waals surface area contributed by atoms with Crippen LogP contribution in [0, 0.1) is 0 Å². The molecule has 1 aromatic rings. The molecule has 0 aliphatic heterocycles. The average Bonchev–Trinajstić information content (AvgIpc) is 2.92. The summed E-state index contributed by atoms with van der Waals surface area (Å²) in [5.74, 6) is -1.43. The Balaban J connectivity index is 1.86. The quantitative estimate of drug-likeness (QED) is 0.585. The molecule has 3 N–H and O–H groups in total. The number of carbonyl (C=O) groups is 2. The number of amides is 2. The molecular weight excluding hydrogens is 288 g/mol. The van der Waals surface area contributed by atoms with Gasteiger partial charge in [0.15, 0.2) is 0 Å². The highest BCUT2D eigenvalue weighted by Gasteiger charge is 2.32. The van der Waals surface area contributed by atoms with E-state index in [1.807, 2.05) is 18.4 Å². The molecule has 1 fully saturated rings. The number of rotatable bonds is 4. The molecule has 6 heteroatoms. The van der Waals surface area contributed by atoms with Gasteiger partial charge in [-0.15, -0.1) is 11.8 Å². The van der Waals surface area contributed by atoms with Gasteiger partial charge in [0.1, 0.15) is 0 Å². The predicted octanol–water partition coefficient (Wildman–Crippen LogP) is 1.77. The first-order valence-electron chi connectivity index (χ1n) is 6.98. The number of carbonyl (C=O) groups excluding carboxylic acids is 2. The summed E-state index contributed by atoms with van der Waals surface area (Å²) in [6, 6.07) is 7.28.